The molecule has 1 heterocycles. The van der Waals surface area contributed by atoms with Crippen molar-refractivity contribution in [3.05, 3.63) is 53.1 Å². The van der Waals surface area contributed by atoms with Gasteiger partial charge in [-0.25, -0.2) is 4.98 Å². The van der Waals surface area contributed by atoms with E-state index >= 15 is 0 Å². The highest BCUT2D eigenvalue weighted by Crippen LogP contribution is 2.40. The average Bonchev–Trinajstić information content (AvgIpc) is 2.88. The molecular weight excluding hydrogens is 350 g/mol. The van der Waals surface area contributed by atoms with Crippen LogP contribution in [0.3, 0.4) is 0 Å². The maximum Gasteiger partial charge on any atom is 0.201 e. The van der Waals surface area contributed by atoms with Crippen LogP contribution in [0.15, 0.2) is 36.4 Å². The van der Waals surface area contributed by atoms with Crippen molar-refractivity contribution in [2.45, 2.75) is 58.9 Å². The summed E-state index contributed by atoms with van der Waals surface area (Å²) < 4.78 is 1.73. The Morgan fingerprint density at radius 2 is 1.57 bits per heavy atom. The van der Waals surface area contributed by atoms with Gasteiger partial charge < -0.3 is 15.4 Å². The number of anilines is 1. The Bertz CT molecular complexity index is 1010. The predicted molar refractivity (Wildman–Crippen MR) is 114 cm³/mol. The molecule has 5 heteroatoms. The number of carbonyl (C=O) groups excluding carboxylic acids is 1. The number of fused-ring (bicyclic) bond motifs is 1. The third-order valence-electron chi connectivity index (χ3n) is 5.03. The summed E-state index contributed by atoms with van der Waals surface area (Å²) >= 11 is 0. The molecule has 3 aromatic rings. The lowest BCUT2D eigenvalue weighted by Crippen LogP contribution is -2.20. The maximum atomic E-state index is 13.2. The number of imidazole rings is 1. The second-order valence-electron chi connectivity index (χ2n) is 9.39. The number of rotatable bonds is 3. The second-order valence-corrected chi connectivity index (χ2v) is 9.39. The number of Topliss-reactive ketones (excluding diaryl/α,β-unsaturated/α-hetero) is 1. The molecule has 0 saturated heterocycles. The molecule has 0 amide bonds. The topological polar surface area (TPSA) is 81.1 Å². The monoisotopic (exact) mass is 379 g/mol. The number of phenolic OH excluding ortho intramolecular Hbond substituents is 1. The summed E-state index contributed by atoms with van der Waals surface area (Å²) in [6, 6.07) is 11.2. The molecule has 28 heavy (non-hydrogen) atoms. The molecule has 148 valence electrons. The van der Waals surface area contributed by atoms with E-state index in [1.165, 1.54) is 0 Å². The summed E-state index contributed by atoms with van der Waals surface area (Å²) in [7, 11) is 0. The predicted octanol–water partition coefficient (Wildman–Crippen LogP) is 4.80. The molecule has 0 bridgehead atoms. The van der Waals surface area contributed by atoms with Gasteiger partial charge >= 0.3 is 0 Å². The SMILES string of the molecule is CC(C)(C)c1cc(C(=O)Cn2c(N)nc3ccccc32)cc(C(C)(C)C)c1O. The Labute approximate surface area is 166 Å². The fraction of sp³-hybridized carbons (Fsp3) is 0.391. The van der Waals surface area contributed by atoms with Crippen LogP contribution in [0.2, 0.25) is 0 Å². The number of phenols is 1. The van der Waals surface area contributed by atoms with Gasteiger partial charge in [0.25, 0.3) is 0 Å². The first-order chi connectivity index (χ1) is 12.9. The van der Waals surface area contributed by atoms with Crippen molar-refractivity contribution in [2.75, 3.05) is 5.73 Å². The van der Waals surface area contributed by atoms with Crippen LogP contribution < -0.4 is 5.73 Å². The van der Waals surface area contributed by atoms with E-state index in [-0.39, 0.29) is 28.9 Å². The van der Waals surface area contributed by atoms with E-state index < -0.39 is 0 Å². The molecule has 0 unspecified atom stereocenters. The van der Waals surface area contributed by atoms with Crippen LogP contribution >= 0.6 is 0 Å². The van der Waals surface area contributed by atoms with Crippen LogP contribution in [0.25, 0.3) is 11.0 Å². The van der Waals surface area contributed by atoms with Crippen LogP contribution in [-0.2, 0) is 17.4 Å². The second kappa shape index (κ2) is 6.66. The van der Waals surface area contributed by atoms with Crippen LogP contribution in [-0.4, -0.2) is 20.4 Å². The van der Waals surface area contributed by atoms with Crippen molar-refractivity contribution in [2.24, 2.45) is 0 Å². The van der Waals surface area contributed by atoms with Gasteiger partial charge in [0.05, 0.1) is 17.6 Å². The molecule has 2 aromatic carbocycles. The van der Waals surface area contributed by atoms with E-state index in [4.69, 9.17) is 5.73 Å². The number of hydrogen-bond donors (Lipinski definition) is 2. The standard InChI is InChI=1S/C23H29N3O2/c1-22(2,3)15-11-14(12-16(20(15)28)23(4,5)6)19(27)13-26-18-10-8-7-9-17(18)25-21(26)24/h7-12,28H,13H2,1-6H3,(H2,24,25). The summed E-state index contributed by atoms with van der Waals surface area (Å²) in [5, 5.41) is 10.9. The van der Waals surface area contributed by atoms with Gasteiger partial charge in [-0.3, -0.25) is 4.79 Å². The molecule has 0 aliphatic rings. The third-order valence-corrected chi connectivity index (χ3v) is 5.03. The number of hydrogen-bond acceptors (Lipinski definition) is 4. The summed E-state index contributed by atoms with van der Waals surface area (Å²) in [5.74, 6) is 0.524. The fourth-order valence-corrected chi connectivity index (χ4v) is 3.43. The number of nitrogen functional groups attached to an aromatic ring is 1. The van der Waals surface area contributed by atoms with E-state index in [2.05, 4.69) is 4.98 Å². The fourth-order valence-electron chi connectivity index (χ4n) is 3.43. The Hall–Kier alpha value is -2.82. The Morgan fingerprint density at radius 3 is 2.11 bits per heavy atom. The molecule has 5 nitrogen and oxygen atoms in total. The summed E-state index contributed by atoms with van der Waals surface area (Å²) in [6.45, 7) is 12.3. The summed E-state index contributed by atoms with van der Waals surface area (Å²) in [6.07, 6.45) is 0. The number of ketones is 1. The van der Waals surface area contributed by atoms with Crippen LogP contribution in [0, 0.1) is 0 Å². The Balaban J connectivity index is 2.10. The Morgan fingerprint density at radius 1 is 1.04 bits per heavy atom. The van der Waals surface area contributed by atoms with Gasteiger partial charge in [-0.1, -0.05) is 53.7 Å². The molecular formula is C23H29N3O2. The van der Waals surface area contributed by atoms with Gasteiger partial charge in [0.15, 0.2) is 5.78 Å². The number of nitrogens with two attached hydrogens (primary N) is 1. The molecule has 0 spiro atoms. The highest BCUT2D eigenvalue weighted by molar-refractivity contribution is 5.98. The minimum atomic E-state index is -0.291. The zero-order valence-corrected chi connectivity index (χ0v) is 17.5. The van der Waals surface area contributed by atoms with E-state index in [0.717, 1.165) is 22.2 Å². The molecule has 1 aromatic heterocycles. The lowest BCUT2D eigenvalue weighted by molar-refractivity contribution is 0.0973. The van der Waals surface area contributed by atoms with Gasteiger partial charge in [0.1, 0.15) is 5.75 Å². The van der Waals surface area contributed by atoms with E-state index in [9.17, 15) is 9.90 Å². The van der Waals surface area contributed by atoms with Crippen molar-refractivity contribution in [3.8, 4) is 5.75 Å². The molecule has 0 saturated carbocycles. The molecule has 0 aliphatic carbocycles. The minimum Gasteiger partial charge on any atom is -0.507 e. The number of benzene rings is 2. The number of nitrogens with zero attached hydrogens (tertiary/aromatic N) is 2. The zero-order valence-electron chi connectivity index (χ0n) is 17.5. The zero-order chi connectivity index (χ0) is 20.9. The van der Waals surface area contributed by atoms with E-state index in [1.54, 1.807) is 4.57 Å². The van der Waals surface area contributed by atoms with Crippen molar-refractivity contribution in [3.63, 3.8) is 0 Å². The first-order valence-corrected chi connectivity index (χ1v) is 9.51. The normalized spacial score (nSPS) is 12.5. The highest BCUT2D eigenvalue weighted by Gasteiger charge is 2.28. The average molecular weight is 380 g/mol. The van der Waals surface area contributed by atoms with Crippen molar-refractivity contribution in [1.29, 1.82) is 0 Å². The highest BCUT2D eigenvalue weighted by atomic mass is 16.3. The van der Waals surface area contributed by atoms with Gasteiger partial charge in [0, 0.05) is 16.7 Å². The number of aromatic hydroxyl groups is 1. The van der Waals surface area contributed by atoms with Crippen molar-refractivity contribution < 1.29 is 9.90 Å². The van der Waals surface area contributed by atoms with Crippen molar-refractivity contribution in [1.82, 2.24) is 9.55 Å². The van der Waals surface area contributed by atoms with Gasteiger partial charge in [-0.15, -0.1) is 0 Å². The summed E-state index contributed by atoms with van der Waals surface area (Å²) in [4.78, 5) is 17.5. The van der Waals surface area contributed by atoms with Crippen LogP contribution in [0.4, 0.5) is 5.95 Å². The number of aromatic nitrogens is 2. The minimum absolute atomic E-state index is 0.0640. The van der Waals surface area contributed by atoms with Crippen molar-refractivity contribution >= 4 is 22.8 Å². The smallest absolute Gasteiger partial charge is 0.201 e. The lowest BCUT2D eigenvalue weighted by atomic mass is 9.78. The van der Waals surface area contributed by atoms with Crippen LogP contribution in [0.5, 0.6) is 5.75 Å². The van der Waals surface area contributed by atoms with Gasteiger partial charge in [-0.05, 0) is 35.1 Å². The molecule has 0 aliphatic heterocycles. The van der Waals surface area contributed by atoms with Gasteiger partial charge in [-0.2, -0.15) is 0 Å². The first kappa shape index (κ1) is 19.9. The third kappa shape index (κ3) is 3.61. The molecule has 0 radical (unpaired) electrons. The van der Waals surface area contributed by atoms with Gasteiger partial charge in [0.2, 0.25) is 5.95 Å². The largest absolute Gasteiger partial charge is 0.507 e. The first-order valence-electron chi connectivity index (χ1n) is 9.51. The molecule has 0 atom stereocenters. The summed E-state index contributed by atoms with van der Waals surface area (Å²) in [5.41, 5.74) is 9.20. The van der Waals surface area contributed by atoms with Crippen LogP contribution in [0.1, 0.15) is 63.0 Å². The number of carbonyl (C=O) groups is 1. The molecule has 0 fully saturated rings. The van der Waals surface area contributed by atoms with E-state index in [0.29, 0.717) is 11.5 Å². The van der Waals surface area contributed by atoms with E-state index in [1.807, 2.05) is 77.9 Å². The maximum absolute atomic E-state index is 13.2. The quantitative estimate of drug-likeness (QED) is 0.640. The lowest BCUT2D eigenvalue weighted by Gasteiger charge is -2.28. The molecule has 3 N–H and O–H groups in total. The molecule has 3 rings (SSSR count). The Kier molecular flexibility index (Phi) is 4.74. The number of para-hydroxylation sites is 2.